The van der Waals surface area contributed by atoms with Gasteiger partial charge in [-0.15, -0.1) is 0 Å². The Hall–Kier alpha value is -4.20. The predicted molar refractivity (Wildman–Crippen MR) is 193 cm³/mol. The molecule has 2 saturated heterocycles. The van der Waals surface area contributed by atoms with Crippen LogP contribution < -0.4 is 21.1 Å². The first-order valence-electron chi connectivity index (χ1n) is 18.3. The van der Waals surface area contributed by atoms with Crippen LogP contribution in [0.2, 0.25) is 0 Å². The molecule has 0 radical (unpaired) electrons. The first kappa shape index (κ1) is 36.6. The van der Waals surface area contributed by atoms with Crippen molar-refractivity contribution in [2.24, 2.45) is 5.92 Å². The van der Waals surface area contributed by atoms with Crippen LogP contribution in [0.5, 0.6) is 0 Å². The Balaban J connectivity index is 1.37. The summed E-state index contributed by atoms with van der Waals surface area (Å²) in [6.07, 6.45) is 11.0. The van der Waals surface area contributed by atoms with Gasteiger partial charge in [-0.25, -0.2) is 14.3 Å². The highest BCUT2D eigenvalue weighted by molar-refractivity contribution is 7.08. The van der Waals surface area contributed by atoms with Crippen LogP contribution in [0.1, 0.15) is 91.5 Å². The first-order valence-corrected chi connectivity index (χ1v) is 19.2. The van der Waals surface area contributed by atoms with E-state index in [0.29, 0.717) is 24.8 Å². The van der Waals surface area contributed by atoms with Crippen LogP contribution in [0, 0.1) is 5.92 Å². The summed E-state index contributed by atoms with van der Waals surface area (Å²) in [6, 6.07) is -0.727. The van der Waals surface area contributed by atoms with E-state index in [1.165, 1.54) is 20.9 Å². The molecule has 51 heavy (non-hydrogen) atoms. The van der Waals surface area contributed by atoms with Gasteiger partial charge < -0.3 is 29.9 Å². The van der Waals surface area contributed by atoms with Crippen LogP contribution in [0.3, 0.4) is 0 Å². The number of alkyl carbamates (subject to hydrolysis) is 1. The van der Waals surface area contributed by atoms with Gasteiger partial charge in [0.25, 0.3) is 5.56 Å². The normalized spacial score (nSPS) is 27.8. The van der Waals surface area contributed by atoms with Crippen LogP contribution in [0.4, 0.5) is 10.5 Å². The molecule has 5 atom stereocenters. The molecule has 1 aliphatic carbocycles. The van der Waals surface area contributed by atoms with E-state index >= 15 is 0 Å². The van der Waals surface area contributed by atoms with Gasteiger partial charge in [-0.2, -0.15) is 16.4 Å². The number of ether oxygens (including phenoxy) is 2. The number of allylic oxidation sites excluding steroid dienone is 1. The molecule has 1 saturated carbocycles. The summed E-state index contributed by atoms with van der Waals surface area (Å²) in [5.41, 5.74) is -0.181. The number of nitrogens with one attached hydrogen (secondary N) is 2. The van der Waals surface area contributed by atoms with Crippen LogP contribution in [0.15, 0.2) is 40.0 Å². The number of esters is 1. The largest absolute Gasteiger partial charge is 0.464 e. The number of aromatic nitrogens is 2. The molecule has 6 rings (SSSR count). The molecule has 0 aromatic carbocycles. The van der Waals surface area contributed by atoms with E-state index in [1.54, 1.807) is 33.9 Å². The average Bonchev–Trinajstić information content (AvgIpc) is 3.60. The lowest BCUT2D eigenvalue weighted by Gasteiger charge is -2.30. The van der Waals surface area contributed by atoms with Gasteiger partial charge in [0.1, 0.15) is 23.2 Å². The third-order valence-electron chi connectivity index (χ3n) is 10.2. The summed E-state index contributed by atoms with van der Waals surface area (Å²) in [5.74, 6) is -1.71. The second-order valence-corrected chi connectivity index (χ2v) is 15.8. The Bertz CT molecular complexity index is 1700. The maximum Gasteiger partial charge on any atom is 0.408 e. The molecule has 5 heterocycles. The van der Waals surface area contributed by atoms with Gasteiger partial charge in [-0.1, -0.05) is 25.0 Å². The first-order chi connectivity index (χ1) is 24.4. The van der Waals surface area contributed by atoms with Gasteiger partial charge in [-0.05, 0) is 83.0 Å². The van der Waals surface area contributed by atoms with Crippen molar-refractivity contribution in [3.8, 4) is 11.1 Å². The topological polar surface area (TPSA) is 152 Å². The molecule has 3 fully saturated rings. The Kier molecular flexibility index (Phi) is 10.9. The molecule has 14 heteroatoms. The van der Waals surface area contributed by atoms with Crippen LogP contribution >= 0.6 is 11.3 Å². The van der Waals surface area contributed by atoms with E-state index in [1.807, 2.05) is 29.0 Å². The van der Waals surface area contributed by atoms with Crippen molar-refractivity contribution in [1.82, 2.24) is 25.3 Å². The van der Waals surface area contributed by atoms with Crippen molar-refractivity contribution in [3.05, 3.63) is 45.5 Å². The number of nitrogens with zero attached hydrogens (tertiary/aromatic N) is 4. The Morgan fingerprint density at radius 2 is 1.90 bits per heavy atom. The molecule has 2 aromatic heterocycles. The Morgan fingerprint density at radius 1 is 1.12 bits per heavy atom. The average molecular weight is 723 g/mol. The molecule has 3 amide bonds. The zero-order chi connectivity index (χ0) is 36.3. The van der Waals surface area contributed by atoms with Crippen molar-refractivity contribution in [1.29, 1.82) is 0 Å². The summed E-state index contributed by atoms with van der Waals surface area (Å²) in [4.78, 5) is 73.2. The molecular formula is C37H50N6O7S. The van der Waals surface area contributed by atoms with Crippen molar-refractivity contribution in [2.75, 3.05) is 31.1 Å². The fraction of sp³-hybridized carbons (Fsp3) is 0.622. The van der Waals surface area contributed by atoms with Crippen molar-refractivity contribution >= 4 is 40.9 Å². The summed E-state index contributed by atoms with van der Waals surface area (Å²) in [6.45, 7) is 8.81. The summed E-state index contributed by atoms with van der Waals surface area (Å²) in [7, 11) is 0. The lowest BCUT2D eigenvalue weighted by atomic mass is 10.0. The maximum atomic E-state index is 14.5. The number of carbonyl (C=O) groups is 4. The van der Waals surface area contributed by atoms with Crippen LogP contribution in [-0.2, 0) is 23.9 Å². The summed E-state index contributed by atoms with van der Waals surface area (Å²) in [5, 5.41) is 14.3. The number of anilines is 1. The maximum absolute atomic E-state index is 14.5. The predicted octanol–water partition coefficient (Wildman–Crippen LogP) is 4.57. The second kappa shape index (κ2) is 15.2. The van der Waals surface area contributed by atoms with E-state index in [9.17, 15) is 24.0 Å². The zero-order valence-corrected chi connectivity index (χ0v) is 30.8. The molecular weight excluding hydrogens is 673 g/mol. The lowest BCUT2D eigenvalue weighted by molar-refractivity contribution is -0.150. The van der Waals surface area contributed by atoms with E-state index < -0.39 is 53.1 Å². The summed E-state index contributed by atoms with van der Waals surface area (Å²) >= 11 is 1.50. The van der Waals surface area contributed by atoms with Crippen molar-refractivity contribution < 1.29 is 28.7 Å². The number of hydrogen-bond donors (Lipinski definition) is 2. The van der Waals surface area contributed by atoms with E-state index in [4.69, 9.17) is 9.47 Å². The molecule has 1 unspecified atom stereocenters. The van der Waals surface area contributed by atoms with E-state index in [2.05, 4.69) is 20.6 Å². The smallest absolute Gasteiger partial charge is 0.408 e. The van der Waals surface area contributed by atoms with Gasteiger partial charge >= 0.3 is 12.1 Å². The summed E-state index contributed by atoms with van der Waals surface area (Å²) < 4.78 is 12.3. The highest BCUT2D eigenvalue weighted by Crippen LogP contribution is 2.46. The molecule has 0 bridgehead atoms. The number of rotatable bonds is 6. The fourth-order valence-electron chi connectivity index (χ4n) is 7.55. The minimum absolute atomic E-state index is 0.0121. The molecule has 2 aromatic rings. The molecule has 0 spiro atoms. The Labute approximate surface area is 302 Å². The quantitative estimate of drug-likeness (QED) is 0.323. The SMILES string of the molecule is CCOC(=O)[C@@]12CC1/C=C\CCCCC[C@H](NC(=O)OC(C)(C)C)C(=O)N1C[C@H](n3ncc(N4CCCC4)c(-c4ccsc4)c3=O)C[C@H]1C(=O)N2. The van der Waals surface area contributed by atoms with Crippen molar-refractivity contribution in [2.45, 2.75) is 115 Å². The third-order valence-corrected chi connectivity index (χ3v) is 10.9. The van der Waals surface area contributed by atoms with E-state index in [0.717, 1.165) is 56.4 Å². The number of thiophene rings is 1. The third kappa shape index (κ3) is 8.00. The lowest BCUT2D eigenvalue weighted by Crippen LogP contribution is -2.56. The van der Waals surface area contributed by atoms with Crippen molar-refractivity contribution in [3.63, 3.8) is 0 Å². The number of carbonyl (C=O) groups excluding carboxylic acids is 4. The van der Waals surface area contributed by atoms with E-state index in [-0.39, 0.29) is 31.0 Å². The van der Waals surface area contributed by atoms with Gasteiger partial charge in [0.15, 0.2) is 0 Å². The number of fused-ring (bicyclic) bond motifs is 2. The molecule has 276 valence electrons. The number of amides is 3. The highest BCUT2D eigenvalue weighted by atomic mass is 32.1. The minimum Gasteiger partial charge on any atom is -0.464 e. The molecule has 13 nitrogen and oxygen atoms in total. The highest BCUT2D eigenvalue weighted by Gasteiger charge is 2.62. The molecule has 4 aliphatic rings. The van der Waals surface area contributed by atoms with Gasteiger partial charge in [-0.3, -0.25) is 14.4 Å². The standard InChI is InChI=1S/C37H50N6O7S/c1-5-49-34(47)37-20-25(37)13-9-7-6-8-10-14-27(39-35(48)50-36(2,3)4)32(45)42-22-26(19-28(42)31(44)40-37)43-33(46)30(24-15-18-51-23-24)29(21-38-43)41-16-11-12-17-41/h9,13,15,18,21,23,25-28H,5-8,10-12,14,16-17,19-20,22H2,1-4H3,(H,39,48)(H,40,44)/b13-9-/t25?,26-,27+,28+,37-/m1/s1. The zero-order valence-electron chi connectivity index (χ0n) is 30.0. The Morgan fingerprint density at radius 3 is 2.61 bits per heavy atom. The molecule has 3 aliphatic heterocycles. The number of hydrogen-bond acceptors (Lipinski definition) is 10. The molecule has 2 N–H and O–H groups in total. The van der Waals surface area contributed by atoms with Gasteiger partial charge in [0.2, 0.25) is 11.8 Å². The van der Waals surface area contributed by atoms with Crippen LogP contribution in [-0.4, -0.2) is 88.0 Å². The minimum atomic E-state index is -1.23. The van der Waals surface area contributed by atoms with Gasteiger partial charge in [0, 0.05) is 37.5 Å². The monoisotopic (exact) mass is 722 g/mol. The van der Waals surface area contributed by atoms with Gasteiger partial charge in [0.05, 0.1) is 30.1 Å². The second-order valence-electron chi connectivity index (χ2n) is 15.0. The fourth-order valence-corrected chi connectivity index (χ4v) is 8.19. The van der Waals surface area contributed by atoms with Crippen LogP contribution in [0.25, 0.3) is 11.1 Å².